The third-order valence-corrected chi connectivity index (χ3v) is 4.71. The monoisotopic (exact) mass is 472 g/mol. The van der Waals surface area contributed by atoms with Crippen LogP contribution >= 0.6 is 15.9 Å². The lowest BCUT2D eigenvalue weighted by molar-refractivity contribution is 0.0831. The molecule has 0 saturated carbocycles. The van der Waals surface area contributed by atoms with Crippen LogP contribution in [-0.2, 0) is 0 Å². The van der Waals surface area contributed by atoms with Crippen LogP contribution in [0.2, 0.25) is 0 Å². The van der Waals surface area contributed by atoms with E-state index in [4.69, 9.17) is 9.47 Å². The first-order valence-electron chi connectivity index (χ1n) is 9.48. The molecule has 3 rings (SSSR count). The molecule has 1 aromatic heterocycles. The molecule has 2 aromatic carbocycles. The Bertz CT molecular complexity index is 967. The average Bonchev–Trinajstić information content (AvgIpc) is 2.69. The molecule has 1 atom stereocenters. The van der Waals surface area contributed by atoms with Crippen molar-refractivity contribution in [3.8, 4) is 17.4 Å². The van der Waals surface area contributed by atoms with E-state index in [1.807, 2.05) is 68.4 Å². The minimum absolute atomic E-state index is 0.242. The molecule has 1 heterocycles. The molecule has 7 nitrogen and oxygen atoms in total. The van der Waals surface area contributed by atoms with Crippen molar-refractivity contribution in [3.63, 3.8) is 0 Å². The van der Waals surface area contributed by atoms with Gasteiger partial charge in [0.1, 0.15) is 36.4 Å². The molecular formula is C22H25BrN4O3. The van der Waals surface area contributed by atoms with Crippen LogP contribution < -0.4 is 14.8 Å². The van der Waals surface area contributed by atoms with Gasteiger partial charge >= 0.3 is 0 Å². The van der Waals surface area contributed by atoms with E-state index in [-0.39, 0.29) is 6.61 Å². The number of aromatic nitrogens is 2. The fraction of sp³-hybridized carbons (Fsp3) is 0.273. The van der Waals surface area contributed by atoms with Crippen LogP contribution in [0, 0.1) is 6.92 Å². The first kappa shape index (κ1) is 22.0. The number of likely N-dealkylation sites (N-methyl/N-ethyl adjacent to an activating group) is 1. The second-order valence-corrected chi connectivity index (χ2v) is 8.01. The Kier molecular flexibility index (Phi) is 7.62. The lowest BCUT2D eigenvalue weighted by Crippen LogP contribution is -2.30. The number of hydrogen-bond acceptors (Lipinski definition) is 7. The van der Waals surface area contributed by atoms with E-state index in [1.54, 1.807) is 6.07 Å². The van der Waals surface area contributed by atoms with Crippen molar-refractivity contribution in [2.75, 3.05) is 32.6 Å². The van der Waals surface area contributed by atoms with Crippen LogP contribution in [0.15, 0.2) is 59.3 Å². The Morgan fingerprint density at radius 3 is 2.57 bits per heavy atom. The number of aliphatic hydroxyl groups is 1. The maximum Gasteiger partial charge on any atom is 0.224 e. The number of aryl methyl sites for hydroxylation is 1. The highest BCUT2D eigenvalue weighted by atomic mass is 79.9. The van der Waals surface area contributed by atoms with Crippen molar-refractivity contribution in [1.82, 2.24) is 14.9 Å². The summed E-state index contributed by atoms with van der Waals surface area (Å²) in [5.41, 5.74) is 1.98. The van der Waals surface area contributed by atoms with E-state index in [9.17, 15) is 5.11 Å². The molecule has 0 aliphatic rings. The number of ether oxygens (including phenoxy) is 2. The molecule has 3 aromatic rings. The topological polar surface area (TPSA) is 79.7 Å². The number of aliphatic hydroxyl groups excluding tert-OH is 1. The average molecular weight is 473 g/mol. The van der Waals surface area contributed by atoms with Gasteiger partial charge in [0, 0.05) is 18.3 Å². The summed E-state index contributed by atoms with van der Waals surface area (Å²) in [5.74, 6) is 2.42. The van der Waals surface area contributed by atoms with Crippen molar-refractivity contribution in [2.24, 2.45) is 0 Å². The number of halogens is 1. The Morgan fingerprint density at radius 2 is 1.87 bits per heavy atom. The van der Waals surface area contributed by atoms with Gasteiger partial charge in [0.05, 0.1) is 4.47 Å². The highest BCUT2D eigenvalue weighted by Gasteiger charge is 2.08. The molecule has 0 bridgehead atoms. The van der Waals surface area contributed by atoms with Crippen molar-refractivity contribution >= 4 is 27.4 Å². The van der Waals surface area contributed by atoms with E-state index in [1.165, 1.54) is 6.33 Å². The number of anilines is 2. The number of rotatable bonds is 9. The summed E-state index contributed by atoms with van der Waals surface area (Å²) in [6, 6.07) is 15.0. The van der Waals surface area contributed by atoms with Gasteiger partial charge < -0.3 is 24.8 Å². The number of benzene rings is 2. The fourth-order valence-corrected chi connectivity index (χ4v) is 3.29. The predicted octanol–water partition coefficient (Wildman–Crippen LogP) is 4.38. The van der Waals surface area contributed by atoms with E-state index in [0.717, 1.165) is 15.7 Å². The van der Waals surface area contributed by atoms with Crippen LogP contribution in [0.25, 0.3) is 0 Å². The summed E-state index contributed by atoms with van der Waals surface area (Å²) in [7, 11) is 3.82. The minimum Gasteiger partial charge on any atom is -0.491 e. The summed E-state index contributed by atoms with van der Waals surface area (Å²) in [4.78, 5) is 10.3. The molecule has 158 valence electrons. The zero-order valence-corrected chi connectivity index (χ0v) is 18.8. The Hall–Kier alpha value is -2.68. The second kappa shape index (κ2) is 10.4. The van der Waals surface area contributed by atoms with Gasteiger partial charge in [-0.1, -0.05) is 6.07 Å². The summed E-state index contributed by atoms with van der Waals surface area (Å²) in [6.07, 6.45) is 0.912. The van der Waals surface area contributed by atoms with Crippen LogP contribution in [0.4, 0.5) is 11.5 Å². The maximum atomic E-state index is 9.88. The molecule has 2 N–H and O–H groups in total. The zero-order valence-electron chi connectivity index (χ0n) is 17.2. The van der Waals surface area contributed by atoms with Crippen LogP contribution in [-0.4, -0.2) is 53.3 Å². The number of nitrogens with zero attached hydrogens (tertiary/aromatic N) is 3. The SMILES string of the molecule is Cc1ccc(Oc2cc(Nc3ccc(OCC(O)CN(C)C)cc3)ncn2)c(Br)c1. The van der Waals surface area contributed by atoms with Crippen molar-refractivity contribution in [2.45, 2.75) is 13.0 Å². The van der Waals surface area contributed by atoms with Gasteiger partial charge in [0.15, 0.2) is 0 Å². The van der Waals surface area contributed by atoms with E-state index in [0.29, 0.717) is 29.7 Å². The van der Waals surface area contributed by atoms with Crippen LogP contribution in [0.3, 0.4) is 0 Å². The molecule has 0 saturated heterocycles. The molecule has 1 unspecified atom stereocenters. The zero-order chi connectivity index (χ0) is 21.5. The first-order chi connectivity index (χ1) is 14.4. The Morgan fingerprint density at radius 1 is 1.10 bits per heavy atom. The van der Waals surface area contributed by atoms with E-state index >= 15 is 0 Å². The number of nitrogens with one attached hydrogen (secondary N) is 1. The molecule has 0 spiro atoms. The molecule has 0 aliphatic heterocycles. The summed E-state index contributed by atoms with van der Waals surface area (Å²) in [6.45, 7) is 2.81. The second-order valence-electron chi connectivity index (χ2n) is 7.15. The third kappa shape index (κ3) is 6.69. The van der Waals surface area contributed by atoms with Gasteiger partial charge in [-0.3, -0.25) is 0 Å². The molecule has 0 fully saturated rings. The van der Waals surface area contributed by atoms with Gasteiger partial charge in [-0.2, -0.15) is 0 Å². The molecule has 30 heavy (non-hydrogen) atoms. The lowest BCUT2D eigenvalue weighted by atomic mass is 10.2. The van der Waals surface area contributed by atoms with Crippen molar-refractivity contribution in [3.05, 3.63) is 64.9 Å². The lowest BCUT2D eigenvalue weighted by Gasteiger charge is -2.16. The predicted molar refractivity (Wildman–Crippen MR) is 121 cm³/mol. The normalized spacial score (nSPS) is 11.9. The van der Waals surface area contributed by atoms with E-state index < -0.39 is 6.10 Å². The Labute approximate surface area is 184 Å². The van der Waals surface area contributed by atoms with Crippen molar-refractivity contribution < 1.29 is 14.6 Å². The van der Waals surface area contributed by atoms with Gasteiger partial charge in [0.25, 0.3) is 0 Å². The largest absolute Gasteiger partial charge is 0.491 e. The summed E-state index contributed by atoms with van der Waals surface area (Å²) >= 11 is 3.50. The quantitative estimate of drug-likeness (QED) is 0.477. The van der Waals surface area contributed by atoms with Gasteiger partial charge in [-0.05, 0) is 78.9 Å². The van der Waals surface area contributed by atoms with Gasteiger partial charge in [-0.15, -0.1) is 0 Å². The van der Waals surface area contributed by atoms with Crippen molar-refractivity contribution in [1.29, 1.82) is 0 Å². The Balaban J connectivity index is 1.59. The molecular weight excluding hydrogens is 448 g/mol. The van der Waals surface area contributed by atoms with Crippen LogP contribution in [0.5, 0.6) is 17.4 Å². The summed E-state index contributed by atoms with van der Waals surface area (Å²) in [5, 5.41) is 13.1. The third-order valence-electron chi connectivity index (χ3n) is 4.09. The maximum absolute atomic E-state index is 9.88. The number of hydrogen-bond donors (Lipinski definition) is 2. The highest BCUT2D eigenvalue weighted by Crippen LogP contribution is 2.30. The first-order valence-corrected chi connectivity index (χ1v) is 10.3. The fourth-order valence-electron chi connectivity index (χ4n) is 2.71. The van der Waals surface area contributed by atoms with Gasteiger partial charge in [0.2, 0.25) is 5.88 Å². The summed E-state index contributed by atoms with van der Waals surface area (Å²) < 4.78 is 12.3. The van der Waals surface area contributed by atoms with Gasteiger partial charge in [-0.25, -0.2) is 9.97 Å². The molecule has 0 aliphatic carbocycles. The smallest absolute Gasteiger partial charge is 0.224 e. The molecule has 0 radical (unpaired) electrons. The van der Waals surface area contributed by atoms with Crippen LogP contribution in [0.1, 0.15) is 5.56 Å². The molecule has 0 amide bonds. The highest BCUT2D eigenvalue weighted by molar-refractivity contribution is 9.10. The standard InChI is InChI=1S/C22H25BrN4O3/c1-15-4-9-20(19(23)10-15)30-22-11-21(24-14-25-22)26-16-5-7-18(8-6-16)29-13-17(28)12-27(2)3/h4-11,14,17,28H,12-13H2,1-3H3,(H,24,25,26). The minimum atomic E-state index is -0.536. The van der Waals surface area contributed by atoms with E-state index in [2.05, 4.69) is 31.2 Å². The molecule has 8 heteroatoms.